The lowest BCUT2D eigenvalue weighted by molar-refractivity contribution is -0.142. The maximum absolute atomic E-state index is 12.1. The van der Waals surface area contributed by atoms with Crippen LogP contribution in [0.1, 0.15) is 67.5 Å². The third kappa shape index (κ3) is 16.4. The number of rotatable bonds is 11. The molecule has 0 saturated heterocycles. The Labute approximate surface area is 257 Å². The molecule has 2 heterocycles. The quantitative estimate of drug-likeness (QED) is 0.157. The van der Waals surface area contributed by atoms with Crippen LogP contribution in [-0.4, -0.2) is 81.2 Å². The van der Waals surface area contributed by atoms with Gasteiger partial charge in [-0.3, -0.25) is 9.59 Å². The number of esters is 2. The highest BCUT2D eigenvalue weighted by Crippen LogP contribution is 2.19. The molecule has 2 aromatic heterocycles. The molecule has 2 atom stereocenters. The first-order valence-electron chi connectivity index (χ1n) is 13.7. The molecule has 0 aliphatic carbocycles. The molecule has 0 aromatic carbocycles. The summed E-state index contributed by atoms with van der Waals surface area (Å²) in [5, 5.41) is 6.13. The number of hydrogen-bond donors (Lipinski definition) is 2. The molecule has 14 heteroatoms. The van der Waals surface area contributed by atoms with E-state index >= 15 is 0 Å². The maximum Gasteiger partial charge on any atom is 0.408 e. The molecule has 2 rings (SSSR count). The minimum absolute atomic E-state index is 0.0536. The van der Waals surface area contributed by atoms with Gasteiger partial charge >= 0.3 is 24.1 Å². The molecular weight excluding hydrogens is 578 g/mol. The van der Waals surface area contributed by atoms with Gasteiger partial charge in [0.2, 0.25) is 0 Å². The van der Waals surface area contributed by atoms with Gasteiger partial charge in [0.15, 0.2) is 5.65 Å². The minimum atomic E-state index is -0.600. The maximum atomic E-state index is 12.1. The number of carbonyl (C=O) groups excluding carboxylic acids is 4. The van der Waals surface area contributed by atoms with Crippen molar-refractivity contribution < 1.29 is 38.1 Å². The molecule has 0 saturated carbocycles. The van der Waals surface area contributed by atoms with E-state index in [2.05, 4.69) is 27.2 Å². The second kappa shape index (κ2) is 17.3. The topological polar surface area (TPSA) is 159 Å². The van der Waals surface area contributed by atoms with E-state index in [0.29, 0.717) is 12.8 Å². The van der Waals surface area contributed by atoms with E-state index in [0.717, 1.165) is 16.4 Å². The Bertz CT molecular complexity index is 1240. The molecule has 240 valence electrons. The molecule has 0 bridgehead atoms. The molecule has 0 radical (unpaired) electrons. The van der Waals surface area contributed by atoms with Gasteiger partial charge in [0.05, 0.1) is 17.8 Å². The smallest absolute Gasteiger partial charge is 0.408 e. The number of imidazole rings is 1. The van der Waals surface area contributed by atoms with Gasteiger partial charge in [0.1, 0.15) is 29.4 Å². The molecule has 2 amide bonds. The van der Waals surface area contributed by atoms with Crippen molar-refractivity contribution in [2.24, 2.45) is 0 Å². The third-order valence-corrected chi connectivity index (χ3v) is 5.66. The van der Waals surface area contributed by atoms with Crippen molar-refractivity contribution in [3.8, 4) is 0 Å². The predicted molar refractivity (Wildman–Crippen MR) is 163 cm³/mol. The van der Waals surface area contributed by atoms with Gasteiger partial charge in [-0.15, -0.1) is 18.3 Å². The van der Waals surface area contributed by atoms with E-state index in [1.807, 2.05) is 23.1 Å². The Morgan fingerprint density at radius 1 is 0.977 bits per heavy atom. The average molecular weight is 624 g/mol. The number of ether oxygens (including phenoxy) is 4. The Balaban J connectivity index is 0.000000496. The minimum Gasteiger partial charge on any atom is -0.464 e. The van der Waals surface area contributed by atoms with Crippen molar-refractivity contribution in [1.82, 2.24) is 25.0 Å². The molecule has 0 aliphatic heterocycles. The largest absolute Gasteiger partial charge is 0.464 e. The van der Waals surface area contributed by atoms with Crippen molar-refractivity contribution in [2.75, 3.05) is 19.5 Å². The van der Waals surface area contributed by atoms with Gasteiger partial charge in [0, 0.05) is 32.4 Å². The Morgan fingerprint density at radius 2 is 1.53 bits per heavy atom. The lowest BCUT2D eigenvalue weighted by atomic mass is 10.1. The van der Waals surface area contributed by atoms with Crippen molar-refractivity contribution in [3.05, 3.63) is 36.9 Å². The number of hydrogen-bond acceptors (Lipinski definition) is 11. The molecule has 0 aliphatic rings. The fraction of sp³-hybridized carbons (Fsp3) is 0.586. The van der Waals surface area contributed by atoms with Crippen LogP contribution >= 0.6 is 11.8 Å². The lowest BCUT2D eigenvalue weighted by Gasteiger charge is -2.23. The van der Waals surface area contributed by atoms with Crippen LogP contribution in [0, 0.1) is 0 Å². The standard InChI is InChI=1S/C18H26N4O4S.C11H19NO4/c1-12(23)25-11-14(21-17(24)26-18(2,3)4)7-6-13-10-22-9-8-19-15(22)16(20-13)27-5;1-6-9(7-15-8(2)13)12-10(14)16-11(3,4)5/h8-10,14H,6-7,11H2,1-5H3,(H,21,24);6,9H,1,7H2,2-5H3,(H,12,14). The van der Waals surface area contributed by atoms with E-state index < -0.39 is 41.4 Å². The van der Waals surface area contributed by atoms with E-state index in [-0.39, 0.29) is 19.3 Å². The Kier molecular flexibility index (Phi) is 15.0. The summed E-state index contributed by atoms with van der Waals surface area (Å²) in [5.41, 5.74) is 0.521. The summed E-state index contributed by atoms with van der Waals surface area (Å²) in [5.74, 6) is -0.800. The normalized spacial score (nSPS) is 12.6. The zero-order valence-corrected chi connectivity index (χ0v) is 27.3. The number of aryl methyl sites for hydroxylation is 1. The van der Waals surface area contributed by atoms with Crippen molar-refractivity contribution >= 4 is 41.5 Å². The van der Waals surface area contributed by atoms with E-state index in [4.69, 9.17) is 18.9 Å². The van der Waals surface area contributed by atoms with E-state index in [1.54, 1.807) is 47.7 Å². The number of aromatic nitrogens is 3. The number of thioether (sulfide) groups is 1. The zero-order valence-electron chi connectivity index (χ0n) is 26.5. The highest BCUT2D eigenvalue weighted by atomic mass is 32.2. The number of nitrogens with zero attached hydrogens (tertiary/aromatic N) is 3. The average Bonchev–Trinajstić information content (AvgIpc) is 3.34. The fourth-order valence-corrected chi connectivity index (χ4v) is 3.81. The first-order chi connectivity index (χ1) is 19.9. The number of fused-ring (bicyclic) bond motifs is 1. The summed E-state index contributed by atoms with van der Waals surface area (Å²) in [6.45, 7) is 17.0. The van der Waals surface area contributed by atoms with Gasteiger partial charge in [-0.2, -0.15) is 0 Å². The van der Waals surface area contributed by atoms with Crippen molar-refractivity contribution in [2.45, 2.75) is 96.5 Å². The molecule has 2 aromatic rings. The molecule has 2 N–H and O–H groups in total. The highest BCUT2D eigenvalue weighted by Gasteiger charge is 2.21. The van der Waals surface area contributed by atoms with Crippen LogP contribution in [0.2, 0.25) is 0 Å². The van der Waals surface area contributed by atoms with E-state index in [1.165, 1.54) is 31.7 Å². The Hall–Kier alpha value is -3.81. The van der Waals surface area contributed by atoms with Crippen molar-refractivity contribution in [1.29, 1.82) is 0 Å². The van der Waals surface area contributed by atoms with Crippen LogP contribution in [0.15, 0.2) is 36.3 Å². The second-order valence-corrected chi connectivity index (χ2v) is 12.2. The monoisotopic (exact) mass is 623 g/mol. The lowest BCUT2D eigenvalue weighted by Crippen LogP contribution is -2.42. The number of amides is 2. The van der Waals surface area contributed by atoms with Gasteiger partial charge in [-0.1, -0.05) is 6.08 Å². The summed E-state index contributed by atoms with van der Waals surface area (Å²) >= 11 is 1.53. The summed E-state index contributed by atoms with van der Waals surface area (Å²) < 4.78 is 22.1. The molecule has 0 fully saturated rings. The SMILES string of the molecule is C=CC(COC(C)=O)NC(=O)OC(C)(C)C.CSc1nc(CCC(COC(C)=O)NC(=O)OC(C)(C)C)cn2ccnc12. The molecule has 0 spiro atoms. The van der Waals surface area contributed by atoms with Crippen LogP contribution < -0.4 is 10.6 Å². The summed E-state index contributed by atoms with van der Waals surface area (Å²) in [4.78, 5) is 54.1. The first-order valence-corrected chi connectivity index (χ1v) is 14.9. The van der Waals surface area contributed by atoms with Gasteiger partial charge in [-0.05, 0) is 60.6 Å². The number of carbonyl (C=O) groups is 4. The number of nitrogens with one attached hydrogen (secondary N) is 2. The third-order valence-electron chi connectivity index (χ3n) is 5.00. The second-order valence-electron chi connectivity index (χ2n) is 11.4. The molecule has 43 heavy (non-hydrogen) atoms. The van der Waals surface area contributed by atoms with E-state index in [9.17, 15) is 19.2 Å². The summed E-state index contributed by atoms with van der Waals surface area (Å²) in [6, 6.07) is -0.819. The van der Waals surface area contributed by atoms with Gasteiger partial charge in [0.25, 0.3) is 0 Å². The van der Waals surface area contributed by atoms with Gasteiger partial charge in [-0.25, -0.2) is 19.6 Å². The predicted octanol–water partition coefficient (Wildman–Crippen LogP) is 4.47. The summed E-state index contributed by atoms with van der Waals surface area (Å²) in [7, 11) is 0. The number of alkyl carbamates (subject to hydrolysis) is 2. The highest BCUT2D eigenvalue weighted by molar-refractivity contribution is 7.98. The van der Waals surface area contributed by atoms with Crippen LogP contribution in [0.4, 0.5) is 9.59 Å². The van der Waals surface area contributed by atoms with Gasteiger partial charge < -0.3 is 34.0 Å². The van der Waals surface area contributed by atoms with Crippen LogP contribution in [-0.2, 0) is 35.0 Å². The Morgan fingerprint density at radius 3 is 2.05 bits per heavy atom. The molecular formula is C29H45N5O8S. The zero-order chi connectivity index (χ0) is 32.8. The van der Waals surface area contributed by atoms with Crippen molar-refractivity contribution in [3.63, 3.8) is 0 Å². The van der Waals surface area contributed by atoms with Crippen LogP contribution in [0.5, 0.6) is 0 Å². The van der Waals surface area contributed by atoms with Crippen LogP contribution in [0.25, 0.3) is 5.65 Å². The van der Waals surface area contributed by atoms with Crippen LogP contribution in [0.3, 0.4) is 0 Å². The molecule has 13 nitrogen and oxygen atoms in total. The first kappa shape index (κ1) is 37.2. The molecule has 2 unspecified atom stereocenters. The fourth-order valence-electron chi connectivity index (χ4n) is 3.26. The summed E-state index contributed by atoms with van der Waals surface area (Å²) in [6.07, 6.45) is 8.99.